The first-order chi connectivity index (χ1) is 8.92. The number of hydrogen-bond acceptors (Lipinski definition) is 4. The van der Waals surface area contributed by atoms with Gasteiger partial charge in [0, 0.05) is 24.8 Å². The Morgan fingerprint density at radius 2 is 2.28 bits per heavy atom. The van der Waals surface area contributed by atoms with Crippen LogP contribution >= 0.6 is 0 Å². The first-order valence-corrected chi connectivity index (χ1v) is 6.74. The average Bonchev–Trinajstić information content (AvgIpc) is 3.06. The first-order valence-electron chi connectivity index (χ1n) is 6.74. The van der Waals surface area contributed by atoms with Crippen molar-refractivity contribution < 1.29 is 4.42 Å². The van der Waals surface area contributed by atoms with Crippen LogP contribution in [0.1, 0.15) is 19.3 Å². The van der Waals surface area contributed by atoms with Gasteiger partial charge in [0.15, 0.2) is 0 Å². The van der Waals surface area contributed by atoms with Gasteiger partial charge in [-0.25, -0.2) is 4.98 Å². The van der Waals surface area contributed by atoms with Crippen molar-refractivity contribution in [2.75, 3.05) is 18.4 Å². The monoisotopic (exact) mass is 243 g/mol. The van der Waals surface area contributed by atoms with Crippen molar-refractivity contribution in [2.45, 2.75) is 31.3 Å². The summed E-state index contributed by atoms with van der Waals surface area (Å²) in [5.74, 6) is 0.972. The fourth-order valence-corrected chi connectivity index (χ4v) is 3.44. The molecule has 0 aromatic carbocycles. The summed E-state index contributed by atoms with van der Waals surface area (Å²) in [6, 6.07) is 5.15. The maximum absolute atomic E-state index is 5.42. The van der Waals surface area contributed by atoms with Crippen LogP contribution < -0.4 is 5.32 Å². The zero-order valence-electron chi connectivity index (χ0n) is 10.3. The summed E-state index contributed by atoms with van der Waals surface area (Å²) in [7, 11) is 0. The molecule has 0 amide bonds. The Balaban J connectivity index is 1.62. The van der Waals surface area contributed by atoms with Crippen LogP contribution in [0.4, 0.5) is 5.82 Å². The lowest BCUT2D eigenvalue weighted by molar-refractivity contribution is 0.318. The van der Waals surface area contributed by atoms with Gasteiger partial charge in [0.2, 0.25) is 0 Å². The van der Waals surface area contributed by atoms with Crippen molar-refractivity contribution in [3.8, 4) is 0 Å². The summed E-state index contributed by atoms with van der Waals surface area (Å²) < 4.78 is 5.42. The molecule has 2 atom stereocenters. The Hall–Kier alpha value is -1.55. The van der Waals surface area contributed by atoms with Crippen LogP contribution in [0.15, 0.2) is 29.0 Å². The summed E-state index contributed by atoms with van der Waals surface area (Å²) in [6.07, 6.45) is 7.43. The minimum absolute atomic E-state index is 0.542. The molecule has 0 aliphatic carbocycles. The van der Waals surface area contributed by atoms with Crippen LogP contribution in [0.5, 0.6) is 0 Å². The van der Waals surface area contributed by atoms with Gasteiger partial charge in [-0.05, 0) is 37.9 Å². The second-order valence-corrected chi connectivity index (χ2v) is 5.28. The van der Waals surface area contributed by atoms with E-state index in [1.54, 1.807) is 6.26 Å². The lowest BCUT2D eigenvalue weighted by Gasteiger charge is -2.21. The Bertz CT molecular complexity index is 565. The predicted molar refractivity (Wildman–Crippen MR) is 70.6 cm³/mol. The molecule has 2 aromatic heterocycles. The Morgan fingerprint density at radius 1 is 1.28 bits per heavy atom. The topological polar surface area (TPSA) is 41.3 Å². The van der Waals surface area contributed by atoms with E-state index in [1.807, 2.05) is 18.3 Å². The van der Waals surface area contributed by atoms with E-state index in [1.165, 1.54) is 32.4 Å². The van der Waals surface area contributed by atoms with Gasteiger partial charge in [-0.3, -0.25) is 4.90 Å². The fourth-order valence-electron chi connectivity index (χ4n) is 3.44. The molecule has 18 heavy (non-hydrogen) atoms. The number of anilines is 1. The van der Waals surface area contributed by atoms with Gasteiger partial charge in [-0.15, -0.1) is 0 Å². The van der Waals surface area contributed by atoms with Crippen molar-refractivity contribution in [3.63, 3.8) is 0 Å². The van der Waals surface area contributed by atoms with Crippen LogP contribution in [0.25, 0.3) is 11.0 Å². The third-order valence-corrected chi connectivity index (χ3v) is 4.31. The zero-order chi connectivity index (χ0) is 11.9. The molecule has 2 saturated heterocycles. The molecule has 4 heteroatoms. The molecule has 0 spiro atoms. The molecule has 4 heterocycles. The minimum atomic E-state index is 0.542. The number of rotatable bonds is 2. The van der Waals surface area contributed by atoms with Crippen molar-refractivity contribution in [2.24, 2.45) is 0 Å². The predicted octanol–water partition coefficient (Wildman–Crippen LogP) is 2.48. The van der Waals surface area contributed by atoms with E-state index >= 15 is 0 Å². The van der Waals surface area contributed by atoms with Crippen molar-refractivity contribution >= 4 is 16.8 Å². The van der Waals surface area contributed by atoms with E-state index in [2.05, 4.69) is 15.2 Å². The number of pyridine rings is 1. The van der Waals surface area contributed by atoms with Gasteiger partial charge in [-0.2, -0.15) is 0 Å². The van der Waals surface area contributed by atoms with E-state index in [0.29, 0.717) is 12.1 Å². The molecule has 2 fully saturated rings. The van der Waals surface area contributed by atoms with Gasteiger partial charge in [0.25, 0.3) is 0 Å². The van der Waals surface area contributed by atoms with E-state index < -0.39 is 0 Å². The lowest BCUT2D eigenvalue weighted by atomic mass is 10.1. The average molecular weight is 243 g/mol. The lowest BCUT2D eigenvalue weighted by Crippen LogP contribution is -2.34. The van der Waals surface area contributed by atoms with E-state index in [0.717, 1.165) is 16.8 Å². The van der Waals surface area contributed by atoms with Gasteiger partial charge in [0.1, 0.15) is 11.4 Å². The second-order valence-electron chi connectivity index (χ2n) is 5.28. The van der Waals surface area contributed by atoms with Gasteiger partial charge >= 0.3 is 0 Å². The highest BCUT2D eigenvalue weighted by atomic mass is 16.3. The minimum Gasteiger partial charge on any atom is -0.464 e. The molecule has 1 N–H and O–H groups in total. The molecule has 2 aromatic rings. The number of nitrogens with one attached hydrogen (secondary N) is 1. The van der Waals surface area contributed by atoms with Gasteiger partial charge in [-0.1, -0.05) is 0 Å². The van der Waals surface area contributed by atoms with Crippen molar-refractivity contribution in [3.05, 3.63) is 24.6 Å². The smallest absolute Gasteiger partial charge is 0.139 e. The number of aromatic nitrogens is 1. The Labute approximate surface area is 106 Å². The number of hydrogen-bond donors (Lipinski definition) is 1. The van der Waals surface area contributed by atoms with Crippen LogP contribution in [0, 0.1) is 0 Å². The number of nitrogens with zero attached hydrogens (tertiary/aromatic N) is 2. The summed E-state index contributed by atoms with van der Waals surface area (Å²) in [5.41, 5.74) is 0.911. The number of furan rings is 1. The molecule has 4 rings (SSSR count). The van der Waals surface area contributed by atoms with E-state index in [4.69, 9.17) is 4.42 Å². The molecule has 0 radical (unpaired) electrons. The Kier molecular flexibility index (Phi) is 2.30. The van der Waals surface area contributed by atoms with Crippen LogP contribution in [-0.4, -0.2) is 35.1 Å². The molecular weight excluding hydrogens is 226 g/mol. The normalized spacial score (nSPS) is 27.8. The fraction of sp³-hybridized carbons (Fsp3) is 0.500. The summed E-state index contributed by atoms with van der Waals surface area (Å²) >= 11 is 0. The van der Waals surface area contributed by atoms with Crippen molar-refractivity contribution in [1.82, 2.24) is 9.88 Å². The number of fused-ring (bicyclic) bond motifs is 2. The summed E-state index contributed by atoms with van der Waals surface area (Å²) in [4.78, 5) is 7.07. The van der Waals surface area contributed by atoms with Crippen LogP contribution in [0.2, 0.25) is 0 Å². The summed E-state index contributed by atoms with van der Waals surface area (Å²) in [5, 5.41) is 4.72. The summed E-state index contributed by atoms with van der Waals surface area (Å²) in [6.45, 7) is 2.50. The van der Waals surface area contributed by atoms with E-state index in [9.17, 15) is 0 Å². The first kappa shape index (κ1) is 10.4. The third kappa shape index (κ3) is 1.52. The highest BCUT2D eigenvalue weighted by molar-refractivity contribution is 5.87. The van der Waals surface area contributed by atoms with Gasteiger partial charge < -0.3 is 9.73 Å². The molecule has 2 aliphatic rings. The molecule has 4 nitrogen and oxygen atoms in total. The second kappa shape index (κ2) is 3.99. The molecule has 2 unspecified atom stereocenters. The molecule has 94 valence electrons. The SMILES string of the molecule is c1cc2occc2c(NC2CCN3CCCC23)n1. The molecule has 0 saturated carbocycles. The van der Waals surface area contributed by atoms with Crippen molar-refractivity contribution in [1.29, 1.82) is 0 Å². The van der Waals surface area contributed by atoms with Crippen LogP contribution in [-0.2, 0) is 0 Å². The Morgan fingerprint density at radius 3 is 3.28 bits per heavy atom. The molecule has 2 aliphatic heterocycles. The maximum atomic E-state index is 5.42. The molecular formula is C14H17N3O. The van der Waals surface area contributed by atoms with E-state index in [-0.39, 0.29) is 0 Å². The quantitative estimate of drug-likeness (QED) is 0.879. The standard InChI is InChI=1S/C14H17N3O/c1-2-12-11(4-8-17(12)7-1)16-14-10-5-9-18-13(10)3-6-15-14/h3,5-6,9,11-12H,1-2,4,7-8H2,(H,15,16). The third-order valence-electron chi connectivity index (χ3n) is 4.31. The highest BCUT2D eigenvalue weighted by Crippen LogP contribution is 2.31. The zero-order valence-corrected chi connectivity index (χ0v) is 10.3. The largest absolute Gasteiger partial charge is 0.464 e. The maximum Gasteiger partial charge on any atom is 0.139 e. The van der Waals surface area contributed by atoms with Crippen LogP contribution in [0.3, 0.4) is 0 Å². The molecule has 0 bridgehead atoms. The highest BCUT2D eigenvalue weighted by Gasteiger charge is 2.37. The van der Waals surface area contributed by atoms with Gasteiger partial charge in [0.05, 0.1) is 11.6 Å².